The summed E-state index contributed by atoms with van der Waals surface area (Å²) in [5.41, 5.74) is 7.46. The smallest absolute Gasteiger partial charge is 0.124 e. The van der Waals surface area contributed by atoms with Crippen LogP contribution < -0.4 is 10.5 Å². The molecule has 0 amide bonds. The maximum atomic E-state index is 13.3. The summed E-state index contributed by atoms with van der Waals surface area (Å²) in [6.07, 6.45) is 0.627. The fraction of sp³-hybridized carbons (Fsp3) is 0.250. The van der Waals surface area contributed by atoms with Crippen LogP contribution in [0.2, 0.25) is 5.02 Å². The fourth-order valence-electron chi connectivity index (χ4n) is 2.05. The van der Waals surface area contributed by atoms with E-state index in [1.165, 1.54) is 12.1 Å². The molecule has 0 fully saturated rings. The normalized spacial score (nSPS) is 12.2. The zero-order valence-electron chi connectivity index (χ0n) is 11.6. The van der Waals surface area contributed by atoms with Gasteiger partial charge in [0.1, 0.15) is 18.2 Å². The van der Waals surface area contributed by atoms with Crippen LogP contribution in [0, 0.1) is 5.82 Å². The van der Waals surface area contributed by atoms with E-state index in [1.807, 2.05) is 31.2 Å². The lowest BCUT2D eigenvalue weighted by Crippen LogP contribution is -2.18. The molecule has 2 nitrogen and oxygen atoms in total. The van der Waals surface area contributed by atoms with Crippen molar-refractivity contribution >= 4 is 27.5 Å². The minimum absolute atomic E-state index is 0.0180. The number of hydrogen-bond donors (Lipinski definition) is 1. The summed E-state index contributed by atoms with van der Waals surface area (Å²) in [4.78, 5) is 0. The number of halogens is 3. The zero-order chi connectivity index (χ0) is 15.4. The van der Waals surface area contributed by atoms with Crippen LogP contribution in [0.1, 0.15) is 18.1 Å². The van der Waals surface area contributed by atoms with Crippen LogP contribution in [0.25, 0.3) is 0 Å². The Morgan fingerprint density at radius 3 is 2.76 bits per heavy atom. The Kier molecular flexibility index (Phi) is 5.62. The van der Waals surface area contributed by atoms with Crippen LogP contribution in [0.15, 0.2) is 40.9 Å². The first kappa shape index (κ1) is 16.3. The topological polar surface area (TPSA) is 35.2 Å². The van der Waals surface area contributed by atoms with E-state index >= 15 is 0 Å². The Labute approximate surface area is 137 Å². The van der Waals surface area contributed by atoms with E-state index in [9.17, 15) is 4.39 Å². The van der Waals surface area contributed by atoms with Gasteiger partial charge in [0.25, 0.3) is 0 Å². The Bertz CT molecular complexity index is 613. The van der Waals surface area contributed by atoms with Crippen molar-refractivity contribution in [2.45, 2.75) is 26.0 Å². The molecule has 0 radical (unpaired) electrons. The van der Waals surface area contributed by atoms with Gasteiger partial charge in [0, 0.05) is 21.1 Å². The number of ether oxygens (including phenoxy) is 1. The zero-order valence-corrected chi connectivity index (χ0v) is 13.9. The highest BCUT2D eigenvalue weighted by Gasteiger charge is 2.11. The molecule has 1 unspecified atom stereocenters. The summed E-state index contributed by atoms with van der Waals surface area (Å²) < 4.78 is 19.8. The second kappa shape index (κ2) is 7.25. The highest BCUT2D eigenvalue weighted by atomic mass is 79.9. The van der Waals surface area contributed by atoms with Gasteiger partial charge in [0.15, 0.2) is 0 Å². The van der Waals surface area contributed by atoms with Gasteiger partial charge in [-0.25, -0.2) is 4.39 Å². The van der Waals surface area contributed by atoms with E-state index in [1.54, 1.807) is 0 Å². The minimum atomic E-state index is -0.301. The molecule has 0 bridgehead atoms. The molecule has 2 aromatic rings. The predicted octanol–water partition coefficient (Wildman–Crippen LogP) is 4.71. The van der Waals surface area contributed by atoms with Gasteiger partial charge in [-0.3, -0.25) is 0 Å². The van der Waals surface area contributed by atoms with Crippen LogP contribution in [-0.2, 0) is 13.0 Å². The second-order valence-corrected chi connectivity index (χ2v) is 6.29. The van der Waals surface area contributed by atoms with Gasteiger partial charge < -0.3 is 10.5 Å². The van der Waals surface area contributed by atoms with Crippen LogP contribution >= 0.6 is 27.5 Å². The van der Waals surface area contributed by atoms with E-state index in [-0.39, 0.29) is 18.5 Å². The van der Waals surface area contributed by atoms with E-state index < -0.39 is 0 Å². The van der Waals surface area contributed by atoms with E-state index in [2.05, 4.69) is 15.9 Å². The standard InChI is InChI=1S/C16H16BrClFNO/c1-10(20)5-14-15(18)3-2-4-16(14)21-9-11-6-12(17)8-13(19)7-11/h2-4,6-8,10H,5,9,20H2,1H3. The van der Waals surface area contributed by atoms with Gasteiger partial charge in [0.2, 0.25) is 0 Å². The largest absolute Gasteiger partial charge is 0.489 e. The van der Waals surface area contributed by atoms with E-state index in [4.69, 9.17) is 22.1 Å². The van der Waals surface area contributed by atoms with Crippen molar-refractivity contribution < 1.29 is 9.13 Å². The highest BCUT2D eigenvalue weighted by molar-refractivity contribution is 9.10. The first-order valence-electron chi connectivity index (χ1n) is 6.56. The van der Waals surface area contributed by atoms with Crippen molar-refractivity contribution in [1.82, 2.24) is 0 Å². The third-order valence-electron chi connectivity index (χ3n) is 2.92. The molecule has 0 saturated carbocycles. The number of benzene rings is 2. The van der Waals surface area contributed by atoms with Crippen LogP contribution in [0.3, 0.4) is 0 Å². The van der Waals surface area contributed by atoms with Gasteiger partial charge in [-0.05, 0) is 49.2 Å². The lowest BCUT2D eigenvalue weighted by molar-refractivity contribution is 0.301. The quantitative estimate of drug-likeness (QED) is 0.825. The Hall–Kier alpha value is -1.10. The van der Waals surface area contributed by atoms with Gasteiger partial charge in [-0.15, -0.1) is 0 Å². The van der Waals surface area contributed by atoms with Crippen LogP contribution in [0.5, 0.6) is 5.75 Å². The molecule has 2 aromatic carbocycles. The summed E-state index contributed by atoms with van der Waals surface area (Å²) in [7, 11) is 0. The van der Waals surface area contributed by atoms with E-state index in [0.717, 1.165) is 11.1 Å². The van der Waals surface area contributed by atoms with Crippen LogP contribution in [0.4, 0.5) is 4.39 Å². The predicted molar refractivity (Wildman–Crippen MR) is 87.2 cm³/mol. The number of rotatable bonds is 5. The Morgan fingerprint density at radius 2 is 2.10 bits per heavy atom. The fourth-order valence-corrected chi connectivity index (χ4v) is 2.81. The van der Waals surface area contributed by atoms with Crippen molar-refractivity contribution in [3.8, 4) is 5.75 Å². The van der Waals surface area contributed by atoms with Gasteiger partial charge in [-0.1, -0.05) is 33.6 Å². The monoisotopic (exact) mass is 371 g/mol. The van der Waals surface area contributed by atoms with Crippen molar-refractivity contribution in [2.75, 3.05) is 0 Å². The Balaban J connectivity index is 2.17. The Morgan fingerprint density at radius 1 is 1.33 bits per heavy atom. The molecule has 1 atom stereocenters. The van der Waals surface area contributed by atoms with Crippen molar-refractivity contribution in [2.24, 2.45) is 5.73 Å². The first-order valence-corrected chi connectivity index (χ1v) is 7.73. The summed E-state index contributed by atoms with van der Waals surface area (Å²) in [5, 5.41) is 0.630. The molecule has 0 aliphatic heterocycles. The van der Waals surface area contributed by atoms with Crippen LogP contribution in [-0.4, -0.2) is 6.04 Å². The lowest BCUT2D eigenvalue weighted by atomic mass is 10.1. The molecule has 2 N–H and O–H groups in total. The van der Waals surface area contributed by atoms with Gasteiger partial charge in [-0.2, -0.15) is 0 Å². The summed E-state index contributed by atoms with van der Waals surface area (Å²) in [6, 6.07) is 10.1. The number of hydrogen-bond acceptors (Lipinski definition) is 2. The summed E-state index contributed by atoms with van der Waals surface area (Å²) in [6.45, 7) is 2.18. The SMILES string of the molecule is CC(N)Cc1c(Cl)cccc1OCc1cc(F)cc(Br)c1. The molecule has 21 heavy (non-hydrogen) atoms. The molecule has 2 rings (SSSR count). The minimum Gasteiger partial charge on any atom is -0.489 e. The maximum Gasteiger partial charge on any atom is 0.124 e. The van der Waals surface area contributed by atoms with Crippen molar-refractivity contribution in [1.29, 1.82) is 0 Å². The summed E-state index contributed by atoms with van der Waals surface area (Å²) >= 11 is 9.47. The molecule has 0 aliphatic rings. The molecule has 0 spiro atoms. The molecular formula is C16H16BrClFNO. The average Bonchev–Trinajstić information content (AvgIpc) is 2.38. The second-order valence-electron chi connectivity index (χ2n) is 4.96. The number of nitrogens with two attached hydrogens (primary N) is 1. The molecule has 0 heterocycles. The maximum absolute atomic E-state index is 13.3. The van der Waals surface area contributed by atoms with Crippen molar-refractivity contribution in [3.63, 3.8) is 0 Å². The van der Waals surface area contributed by atoms with E-state index in [0.29, 0.717) is 21.7 Å². The molecule has 0 aliphatic carbocycles. The summed E-state index contributed by atoms with van der Waals surface area (Å²) in [5.74, 6) is 0.380. The molecular weight excluding hydrogens is 357 g/mol. The molecule has 0 saturated heterocycles. The first-order chi connectivity index (χ1) is 9.95. The highest BCUT2D eigenvalue weighted by Crippen LogP contribution is 2.28. The molecule has 5 heteroatoms. The molecule has 0 aromatic heterocycles. The average molecular weight is 373 g/mol. The van der Waals surface area contributed by atoms with Gasteiger partial charge >= 0.3 is 0 Å². The third kappa shape index (κ3) is 4.70. The van der Waals surface area contributed by atoms with Crippen molar-refractivity contribution in [3.05, 3.63) is 62.8 Å². The van der Waals surface area contributed by atoms with Gasteiger partial charge in [0.05, 0.1) is 0 Å². The lowest BCUT2D eigenvalue weighted by Gasteiger charge is -2.15. The molecule has 112 valence electrons. The third-order valence-corrected chi connectivity index (χ3v) is 3.73.